The fourth-order valence-electron chi connectivity index (χ4n) is 7.72. The largest absolute Gasteiger partial charge is 0.463 e. The molecule has 3 fully saturated rings. The molecule has 209 valence electrons. The molecular formula is C29H39O9. The highest BCUT2D eigenvalue weighted by Gasteiger charge is 2.68. The molecule has 1 radical (unpaired) electrons. The highest BCUT2D eigenvalue weighted by Crippen LogP contribution is 2.67. The normalized spacial score (nSPS) is 37.5. The van der Waals surface area contributed by atoms with Gasteiger partial charge in [0.1, 0.15) is 12.2 Å². The fourth-order valence-corrected chi connectivity index (χ4v) is 7.72. The number of aliphatic hydroxyl groups is 2. The number of carbonyl (C=O) groups excluding carboxylic acids is 4. The van der Waals surface area contributed by atoms with Crippen LogP contribution in [0.3, 0.4) is 0 Å². The number of allylic oxidation sites excluding steroid dienone is 4. The molecule has 4 aliphatic rings. The van der Waals surface area contributed by atoms with Gasteiger partial charge in [0.05, 0.1) is 25.6 Å². The Hall–Kier alpha value is -2.36. The lowest BCUT2D eigenvalue weighted by atomic mass is 9.46. The number of esters is 2. The van der Waals surface area contributed by atoms with E-state index in [0.29, 0.717) is 6.42 Å². The first kappa shape index (κ1) is 28.6. The molecule has 9 nitrogen and oxygen atoms in total. The van der Waals surface area contributed by atoms with Crippen LogP contribution in [-0.2, 0) is 33.4 Å². The second-order valence-electron chi connectivity index (χ2n) is 11.5. The predicted octanol–water partition coefficient (Wildman–Crippen LogP) is 2.28. The van der Waals surface area contributed by atoms with Gasteiger partial charge in [0.15, 0.2) is 12.4 Å². The fraction of sp³-hybridized carbons (Fsp3) is 0.690. The van der Waals surface area contributed by atoms with E-state index in [1.165, 1.54) is 0 Å². The van der Waals surface area contributed by atoms with Gasteiger partial charge < -0.3 is 24.4 Å². The average Bonchev–Trinajstić information content (AvgIpc) is 3.15. The van der Waals surface area contributed by atoms with Gasteiger partial charge in [0.2, 0.25) is 5.78 Å². The third-order valence-electron chi connectivity index (χ3n) is 9.64. The molecule has 7 atom stereocenters. The molecule has 38 heavy (non-hydrogen) atoms. The lowest BCUT2D eigenvalue weighted by Crippen LogP contribution is -2.61. The Balaban J connectivity index is 1.37. The molecule has 0 saturated heterocycles. The van der Waals surface area contributed by atoms with Crippen molar-refractivity contribution in [3.05, 3.63) is 30.7 Å². The van der Waals surface area contributed by atoms with Gasteiger partial charge in [0.25, 0.3) is 0 Å². The maximum atomic E-state index is 13.3. The molecule has 0 amide bonds. The summed E-state index contributed by atoms with van der Waals surface area (Å²) in [6.07, 6.45) is 6.61. The van der Waals surface area contributed by atoms with Crippen molar-refractivity contribution in [1.82, 2.24) is 0 Å². The Labute approximate surface area is 223 Å². The van der Waals surface area contributed by atoms with E-state index in [4.69, 9.17) is 14.2 Å². The Kier molecular flexibility index (Phi) is 8.31. The number of ketones is 2. The SMILES string of the molecule is [CH2]COCCOC(=O)CCC(=O)OCC(=O)[C@@]1(O)CCC2C3CCC4=CC(=O)C=C[C@]4(C)C3[C@@H](O)C[C@@]21C. The summed E-state index contributed by atoms with van der Waals surface area (Å²) in [5, 5.41) is 23.1. The highest BCUT2D eigenvalue weighted by molar-refractivity contribution is 6.01. The third kappa shape index (κ3) is 5.00. The van der Waals surface area contributed by atoms with E-state index in [0.717, 1.165) is 18.4 Å². The van der Waals surface area contributed by atoms with E-state index < -0.39 is 46.9 Å². The minimum Gasteiger partial charge on any atom is -0.463 e. The molecule has 0 aliphatic heterocycles. The molecule has 0 heterocycles. The number of rotatable bonds is 10. The van der Waals surface area contributed by atoms with Crippen LogP contribution >= 0.6 is 0 Å². The third-order valence-corrected chi connectivity index (χ3v) is 9.64. The zero-order valence-electron chi connectivity index (χ0n) is 22.3. The number of ether oxygens (including phenoxy) is 3. The number of hydrogen-bond donors (Lipinski definition) is 2. The van der Waals surface area contributed by atoms with Gasteiger partial charge in [-0.1, -0.05) is 25.5 Å². The number of hydrogen-bond acceptors (Lipinski definition) is 9. The standard InChI is InChI=1S/C29H39O9/c1-4-36-13-14-37-24(33)7-8-25(34)38-17-23(32)29(35)12-10-21-20-6-5-18-15-19(30)9-11-27(18,2)26(20)22(31)16-28(21,29)3/h9,11,15,20-22,26,31,35H,1,4-8,10,12-14,16-17H2,2-3H3/t20?,21?,22-,26?,27-,28-,29-/m0/s1. The Bertz CT molecular complexity index is 1030. The zero-order chi connectivity index (χ0) is 27.7. The molecule has 9 heteroatoms. The minimum absolute atomic E-state index is 0.00666. The first-order chi connectivity index (χ1) is 18.0. The van der Waals surface area contributed by atoms with Gasteiger partial charge in [0, 0.05) is 23.4 Å². The Morgan fingerprint density at radius 3 is 2.53 bits per heavy atom. The Morgan fingerprint density at radius 1 is 1.11 bits per heavy atom. The monoisotopic (exact) mass is 531 g/mol. The Morgan fingerprint density at radius 2 is 1.82 bits per heavy atom. The lowest BCUT2D eigenvalue weighted by molar-refractivity contribution is -0.181. The summed E-state index contributed by atoms with van der Waals surface area (Å²) >= 11 is 0. The molecule has 2 N–H and O–H groups in total. The second-order valence-corrected chi connectivity index (χ2v) is 11.5. The van der Waals surface area contributed by atoms with Crippen LogP contribution in [0.15, 0.2) is 23.8 Å². The number of fused-ring (bicyclic) bond motifs is 5. The van der Waals surface area contributed by atoms with E-state index in [1.54, 1.807) is 12.2 Å². The summed E-state index contributed by atoms with van der Waals surface area (Å²) in [5.74, 6) is -1.93. The van der Waals surface area contributed by atoms with Crippen LogP contribution in [0.5, 0.6) is 0 Å². The topological polar surface area (TPSA) is 136 Å². The van der Waals surface area contributed by atoms with Gasteiger partial charge in [-0.2, -0.15) is 0 Å². The van der Waals surface area contributed by atoms with Gasteiger partial charge >= 0.3 is 11.9 Å². The van der Waals surface area contributed by atoms with Crippen molar-refractivity contribution in [2.24, 2.45) is 28.6 Å². The van der Waals surface area contributed by atoms with Crippen molar-refractivity contribution >= 4 is 23.5 Å². The molecule has 0 aromatic rings. The van der Waals surface area contributed by atoms with E-state index in [1.807, 2.05) is 13.0 Å². The summed E-state index contributed by atoms with van der Waals surface area (Å²) in [7, 11) is 0. The molecule has 4 aliphatic carbocycles. The van der Waals surface area contributed by atoms with Crippen molar-refractivity contribution in [3.8, 4) is 0 Å². The van der Waals surface area contributed by atoms with Crippen LogP contribution in [0.2, 0.25) is 0 Å². The number of Topliss-reactive ketones (excluding diaryl/α,β-unsaturated/α-hetero) is 1. The van der Waals surface area contributed by atoms with E-state index in [2.05, 4.69) is 13.8 Å². The van der Waals surface area contributed by atoms with Gasteiger partial charge in [-0.25, -0.2) is 0 Å². The first-order valence-corrected chi connectivity index (χ1v) is 13.5. The average molecular weight is 532 g/mol. The quantitative estimate of drug-likeness (QED) is 0.321. The molecule has 0 aromatic carbocycles. The van der Waals surface area contributed by atoms with Crippen molar-refractivity contribution in [2.75, 3.05) is 26.4 Å². The van der Waals surface area contributed by atoms with Crippen molar-refractivity contribution in [1.29, 1.82) is 0 Å². The van der Waals surface area contributed by atoms with E-state index >= 15 is 0 Å². The summed E-state index contributed by atoms with van der Waals surface area (Å²) < 4.78 is 15.0. The van der Waals surface area contributed by atoms with Crippen molar-refractivity contribution in [2.45, 2.75) is 70.5 Å². The molecule has 0 bridgehead atoms. The highest BCUT2D eigenvalue weighted by atomic mass is 16.6. The summed E-state index contributed by atoms with van der Waals surface area (Å²) in [5.41, 5.74) is -1.99. The second kappa shape index (κ2) is 11.0. The molecule has 0 aromatic heterocycles. The first-order valence-electron chi connectivity index (χ1n) is 13.5. The van der Waals surface area contributed by atoms with Gasteiger partial charge in [-0.15, -0.1) is 0 Å². The predicted molar refractivity (Wildman–Crippen MR) is 135 cm³/mol. The molecule has 4 rings (SSSR count). The molecular weight excluding hydrogens is 492 g/mol. The van der Waals surface area contributed by atoms with E-state index in [-0.39, 0.29) is 69.0 Å². The maximum absolute atomic E-state index is 13.3. The maximum Gasteiger partial charge on any atom is 0.306 e. The zero-order valence-corrected chi connectivity index (χ0v) is 22.3. The van der Waals surface area contributed by atoms with E-state index in [9.17, 15) is 29.4 Å². The smallest absolute Gasteiger partial charge is 0.306 e. The lowest BCUT2D eigenvalue weighted by Gasteiger charge is -2.59. The molecule has 3 unspecified atom stereocenters. The molecule has 3 saturated carbocycles. The van der Waals surface area contributed by atoms with Crippen LogP contribution < -0.4 is 0 Å². The van der Waals surface area contributed by atoms with Gasteiger partial charge in [-0.3, -0.25) is 19.2 Å². The van der Waals surface area contributed by atoms with Crippen LogP contribution in [0.1, 0.15) is 58.8 Å². The van der Waals surface area contributed by atoms with Crippen molar-refractivity contribution in [3.63, 3.8) is 0 Å². The number of carbonyl (C=O) groups is 4. The van der Waals surface area contributed by atoms with Gasteiger partial charge in [-0.05, 0) is 63.0 Å². The number of aliphatic hydroxyl groups excluding tert-OH is 1. The van der Waals surface area contributed by atoms with Crippen LogP contribution in [0.4, 0.5) is 0 Å². The van der Waals surface area contributed by atoms with Crippen LogP contribution in [-0.4, -0.2) is 71.9 Å². The van der Waals surface area contributed by atoms with Crippen LogP contribution in [0, 0.1) is 35.5 Å². The summed E-state index contributed by atoms with van der Waals surface area (Å²) in [4.78, 5) is 49.2. The summed E-state index contributed by atoms with van der Waals surface area (Å²) in [6.45, 7) is 7.39. The summed E-state index contributed by atoms with van der Waals surface area (Å²) in [6, 6.07) is 0. The molecule has 0 spiro atoms. The van der Waals surface area contributed by atoms with Crippen LogP contribution in [0.25, 0.3) is 0 Å². The minimum atomic E-state index is -1.73. The van der Waals surface area contributed by atoms with Crippen molar-refractivity contribution < 1.29 is 43.6 Å².